The summed E-state index contributed by atoms with van der Waals surface area (Å²) < 4.78 is 2.06. The Labute approximate surface area is 329 Å². The van der Waals surface area contributed by atoms with Crippen LogP contribution < -0.4 is 16.4 Å². The zero-order valence-electron chi connectivity index (χ0n) is 31.7. The average molecular weight is 732 g/mol. The van der Waals surface area contributed by atoms with Crippen molar-refractivity contribution >= 4 is 28.9 Å². The van der Waals surface area contributed by atoms with E-state index in [0.717, 1.165) is 87.9 Å². The molecule has 2 aliphatic carbocycles. The molecule has 7 rings (SSSR count). The monoisotopic (exact) mass is 731 g/mol. The Balaban J connectivity index is 1.27. The number of benzene rings is 4. The molecule has 5 aromatic rings. The van der Waals surface area contributed by atoms with E-state index in [0.29, 0.717) is 29.2 Å². The molecule has 0 spiro atoms. The fourth-order valence-corrected chi connectivity index (χ4v) is 7.47. The fraction of sp³-hybridized carbons (Fsp3) is 0.163. The van der Waals surface area contributed by atoms with Crippen molar-refractivity contribution in [3.8, 4) is 17.8 Å². The highest BCUT2D eigenvalue weighted by atomic mass is 15.1. The summed E-state index contributed by atoms with van der Waals surface area (Å²) in [4.78, 5) is 4.86. The highest BCUT2D eigenvalue weighted by molar-refractivity contribution is 5.99. The molecule has 0 saturated heterocycles. The molecule has 1 heterocycles. The van der Waals surface area contributed by atoms with Crippen LogP contribution in [-0.4, -0.2) is 10.4 Å². The first-order valence-corrected chi connectivity index (χ1v) is 19.1. The van der Waals surface area contributed by atoms with E-state index < -0.39 is 6.17 Å². The van der Waals surface area contributed by atoms with Crippen molar-refractivity contribution in [3.63, 3.8) is 0 Å². The normalized spacial score (nSPS) is 14.9. The van der Waals surface area contributed by atoms with Gasteiger partial charge < -0.3 is 20.9 Å². The van der Waals surface area contributed by atoms with Crippen LogP contribution in [0, 0.1) is 22.7 Å². The van der Waals surface area contributed by atoms with Gasteiger partial charge in [-0.15, -0.1) is 0 Å². The SMILES string of the molecule is C=Cc1c(/C=C(\C)CC2=C(NC3=CCCC=C3)C=CCC2)n(-c2c(C#N)cc(CN/C(=N\C(N)c3ccccc3)c3ccccc3)cc2C#N)c2ccccc12. The van der Waals surface area contributed by atoms with E-state index >= 15 is 0 Å². The Morgan fingerprint density at radius 1 is 0.911 bits per heavy atom. The lowest BCUT2D eigenvalue weighted by atomic mass is 9.94. The Bertz CT molecular complexity index is 2490. The molecule has 7 heteroatoms. The molecule has 0 radical (unpaired) electrons. The third kappa shape index (κ3) is 8.25. The average Bonchev–Trinajstić information content (AvgIpc) is 3.55. The largest absolute Gasteiger partial charge is 0.366 e. The summed E-state index contributed by atoms with van der Waals surface area (Å²) in [6, 6.07) is 36.2. The van der Waals surface area contributed by atoms with Crippen molar-refractivity contribution in [1.29, 1.82) is 10.5 Å². The van der Waals surface area contributed by atoms with Crippen molar-refractivity contribution in [2.45, 2.75) is 51.7 Å². The summed E-state index contributed by atoms with van der Waals surface area (Å²) in [5, 5.41) is 29.6. The quantitative estimate of drug-likeness (QED) is 0.0873. The van der Waals surface area contributed by atoms with Crippen LogP contribution in [0.15, 0.2) is 162 Å². The third-order valence-corrected chi connectivity index (χ3v) is 10.1. The zero-order valence-corrected chi connectivity index (χ0v) is 31.7. The molecule has 2 aliphatic rings. The molecular formula is C49H45N7. The van der Waals surface area contributed by atoms with Crippen LogP contribution in [0.5, 0.6) is 0 Å². The first kappa shape index (κ1) is 37.4. The Kier molecular flexibility index (Phi) is 11.7. The molecule has 0 bridgehead atoms. The highest BCUT2D eigenvalue weighted by Crippen LogP contribution is 2.36. The number of rotatable bonds is 12. The molecule has 4 N–H and O–H groups in total. The Hall–Kier alpha value is -6.93. The van der Waals surface area contributed by atoms with Gasteiger partial charge >= 0.3 is 0 Å². The van der Waals surface area contributed by atoms with E-state index in [-0.39, 0.29) is 0 Å². The van der Waals surface area contributed by atoms with E-state index in [9.17, 15) is 10.5 Å². The van der Waals surface area contributed by atoms with E-state index in [4.69, 9.17) is 10.7 Å². The van der Waals surface area contributed by atoms with Gasteiger partial charge in [-0.2, -0.15) is 10.5 Å². The Morgan fingerprint density at radius 2 is 1.61 bits per heavy atom. The summed E-state index contributed by atoms with van der Waals surface area (Å²) in [5.41, 5.74) is 17.9. The summed E-state index contributed by atoms with van der Waals surface area (Å²) >= 11 is 0. The number of fused-ring (bicyclic) bond motifs is 1. The van der Waals surface area contributed by atoms with Crippen molar-refractivity contribution in [3.05, 3.63) is 196 Å². The molecule has 1 atom stereocenters. The van der Waals surface area contributed by atoms with Gasteiger partial charge in [0.15, 0.2) is 0 Å². The van der Waals surface area contributed by atoms with Gasteiger partial charge in [-0.3, -0.25) is 0 Å². The lowest BCUT2D eigenvalue weighted by molar-refractivity contribution is 0.760. The summed E-state index contributed by atoms with van der Waals surface area (Å²) in [6.45, 7) is 6.68. The van der Waals surface area contributed by atoms with E-state index in [1.165, 1.54) is 5.57 Å². The number of nitrogens with zero attached hydrogens (tertiary/aromatic N) is 4. The first-order valence-electron chi connectivity index (χ1n) is 19.1. The number of hydrogen-bond donors (Lipinski definition) is 3. The molecule has 0 fully saturated rings. The van der Waals surface area contributed by atoms with Gasteiger partial charge in [-0.1, -0.05) is 115 Å². The standard InChI is InChI=1S/C49H45N7/c1-3-42-43-24-14-16-26-45(43)56(46(42)28-34(2)27-38-21-13-15-25-44(38)54-41-22-11-6-12-23-41)47-39(31-50)29-35(30-40(47)32-51)33-53-49(37-19-9-5-10-20-37)55-48(52)36-17-7-4-8-18-36/h3-5,7-11,14-20,22-26,28-30,48,54H,1,6,12-13,21,27,33,52H2,2H3,(H,53,55)/b34-28+. The maximum Gasteiger partial charge on any atom is 0.130 e. The molecule has 276 valence electrons. The van der Waals surface area contributed by atoms with Gasteiger partial charge in [0.1, 0.15) is 24.1 Å². The number of aliphatic imine (C=N–C) groups is 1. The molecule has 0 saturated carbocycles. The number of nitrogens with one attached hydrogen (secondary N) is 2. The number of aromatic nitrogens is 1. The van der Waals surface area contributed by atoms with Gasteiger partial charge in [0.2, 0.25) is 0 Å². The minimum absolute atomic E-state index is 0.321. The number of nitriles is 2. The summed E-state index contributed by atoms with van der Waals surface area (Å²) in [5.74, 6) is 0.617. The molecule has 56 heavy (non-hydrogen) atoms. The fourth-order valence-electron chi connectivity index (χ4n) is 7.47. The Morgan fingerprint density at radius 3 is 2.30 bits per heavy atom. The van der Waals surface area contributed by atoms with E-state index in [2.05, 4.69) is 83.4 Å². The van der Waals surface area contributed by atoms with Gasteiger partial charge in [-0.25, -0.2) is 4.99 Å². The van der Waals surface area contributed by atoms with Gasteiger partial charge in [0.25, 0.3) is 0 Å². The second-order valence-electron chi connectivity index (χ2n) is 14.1. The number of amidine groups is 1. The maximum absolute atomic E-state index is 10.7. The zero-order chi connectivity index (χ0) is 38.9. The lowest BCUT2D eigenvalue weighted by Crippen LogP contribution is -2.26. The predicted octanol–water partition coefficient (Wildman–Crippen LogP) is 10.4. The number of para-hydroxylation sites is 1. The minimum atomic E-state index is -0.582. The van der Waals surface area contributed by atoms with Crippen LogP contribution in [-0.2, 0) is 6.54 Å². The van der Waals surface area contributed by atoms with Gasteiger partial charge in [-0.05, 0) is 92.2 Å². The van der Waals surface area contributed by atoms with Crippen LogP contribution in [0.2, 0.25) is 0 Å². The van der Waals surface area contributed by atoms with Crippen LogP contribution >= 0.6 is 0 Å². The van der Waals surface area contributed by atoms with Crippen LogP contribution in [0.1, 0.15) is 84.3 Å². The molecule has 0 aliphatic heterocycles. The summed E-state index contributed by atoms with van der Waals surface area (Å²) in [7, 11) is 0. The molecule has 1 unspecified atom stereocenters. The summed E-state index contributed by atoms with van der Waals surface area (Å²) in [6.07, 6.45) is 19.4. The van der Waals surface area contributed by atoms with Crippen LogP contribution in [0.3, 0.4) is 0 Å². The molecule has 4 aromatic carbocycles. The minimum Gasteiger partial charge on any atom is -0.366 e. The van der Waals surface area contributed by atoms with Crippen molar-refractivity contribution in [2.75, 3.05) is 0 Å². The molecule has 7 nitrogen and oxygen atoms in total. The van der Waals surface area contributed by atoms with Crippen molar-refractivity contribution in [1.82, 2.24) is 15.2 Å². The van der Waals surface area contributed by atoms with E-state index in [1.54, 1.807) is 0 Å². The van der Waals surface area contributed by atoms with Crippen molar-refractivity contribution in [2.24, 2.45) is 10.7 Å². The highest BCUT2D eigenvalue weighted by Gasteiger charge is 2.22. The molecular weight excluding hydrogens is 687 g/mol. The smallest absolute Gasteiger partial charge is 0.130 e. The predicted molar refractivity (Wildman–Crippen MR) is 229 cm³/mol. The van der Waals surface area contributed by atoms with Gasteiger partial charge in [0.05, 0.1) is 28.0 Å². The number of nitrogens with two attached hydrogens (primary N) is 1. The maximum atomic E-state index is 10.7. The number of allylic oxidation sites excluding steroid dienone is 7. The van der Waals surface area contributed by atoms with E-state index in [1.807, 2.05) is 97.1 Å². The number of hydrogen-bond acceptors (Lipinski definition) is 5. The molecule has 1 aromatic heterocycles. The molecule has 0 amide bonds. The second-order valence-corrected chi connectivity index (χ2v) is 14.1. The van der Waals surface area contributed by atoms with Gasteiger partial charge in [0, 0.05) is 34.5 Å². The third-order valence-electron chi connectivity index (χ3n) is 10.1. The van der Waals surface area contributed by atoms with Crippen molar-refractivity contribution < 1.29 is 0 Å². The van der Waals surface area contributed by atoms with Crippen LogP contribution in [0.25, 0.3) is 28.7 Å². The first-order chi connectivity index (χ1) is 27.5. The lowest BCUT2D eigenvalue weighted by Gasteiger charge is -2.20. The second kappa shape index (κ2) is 17.5. The topological polar surface area (TPSA) is 115 Å². The van der Waals surface area contributed by atoms with Crippen LogP contribution in [0.4, 0.5) is 0 Å².